The van der Waals surface area contributed by atoms with E-state index >= 15 is 0 Å². The number of nitrogens with one attached hydrogen (secondary N) is 1. The van der Waals surface area contributed by atoms with Gasteiger partial charge in [-0.05, 0) is 29.8 Å². The molecule has 1 aromatic heterocycles. The van der Waals surface area contributed by atoms with Crippen molar-refractivity contribution in [2.45, 2.75) is 10.9 Å². The Hall–Kier alpha value is -2.05. The molecule has 3 rings (SSSR count). The van der Waals surface area contributed by atoms with Crippen LogP contribution in [0.15, 0.2) is 58.2 Å². The third kappa shape index (κ3) is 4.49. The van der Waals surface area contributed by atoms with Crippen LogP contribution in [0.4, 0.5) is 0 Å². The number of nitrogens with zero attached hydrogens (tertiary/aromatic N) is 2. The largest absolute Gasteiger partial charge is 0.496 e. The van der Waals surface area contributed by atoms with Crippen molar-refractivity contribution in [1.29, 1.82) is 0 Å². The minimum Gasteiger partial charge on any atom is -0.496 e. The van der Waals surface area contributed by atoms with E-state index in [0.29, 0.717) is 5.16 Å². The standard InChI is InChI=1S/C18H16BrN3OS/c1-23-16-9-8-15(19)11-14(16)12-24-18-20-17(21-22-18)10-7-13-5-3-2-4-6-13/h2-11H,12H2,1H3,(H,20,21,22)/b10-7+. The summed E-state index contributed by atoms with van der Waals surface area (Å²) in [7, 11) is 1.68. The number of H-pyrrole nitrogens is 1. The van der Waals surface area contributed by atoms with Gasteiger partial charge < -0.3 is 4.74 Å². The van der Waals surface area contributed by atoms with Gasteiger partial charge in [0, 0.05) is 15.8 Å². The maximum Gasteiger partial charge on any atom is 0.209 e. The van der Waals surface area contributed by atoms with Crippen molar-refractivity contribution < 1.29 is 4.74 Å². The van der Waals surface area contributed by atoms with Gasteiger partial charge in [-0.15, -0.1) is 5.10 Å². The molecule has 122 valence electrons. The van der Waals surface area contributed by atoms with Crippen molar-refractivity contribution >= 4 is 39.8 Å². The highest BCUT2D eigenvalue weighted by molar-refractivity contribution is 9.10. The third-order valence-corrected chi connectivity index (χ3v) is 4.70. The van der Waals surface area contributed by atoms with E-state index in [9.17, 15) is 0 Å². The van der Waals surface area contributed by atoms with Crippen LogP contribution < -0.4 is 4.74 Å². The van der Waals surface area contributed by atoms with E-state index in [1.807, 2.05) is 54.6 Å². The average molecular weight is 402 g/mol. The number of aromatic nitrogens is 3. The van der Waals surface area contributed by atoms with Crippen molar-refractivity contribution in [2.75, 3.05) is 7.11 Å². The quantitative estimate of drug-likeness (QED) is 0.587. The summed E-state index contributed by atoms with van der Waals surface area (Å²) < 4.78 is 6.42. The molecule has 1 heterocycles. The highest BCUT2D eigenvalue weighted by Crippen LogP contribution is 2.28. The lowest BCUT2D eigenvalue weighted by atomic mass is 10.2. The lowest BCUT2D eigenvalue weighted by Crippen LogP contribution is -1.90. The number of hydrogen-bond acceptors (Lipinski definition) is 4. The number of thioether (sulfide) groups is 1. The van der Waals surface area contributed by atoms with Gasteiger partial charge in [0.2, 0.25) is 5.16 Å². The smallest absolute Gasteiger partial charge is 0.209 e. The molecule has 1 N–H and O–H groups in total. The summed E-state index contributed by atoms with van der Waals surface area (Å²) in [5, 5.41) is 7.90. The molecule has 4 nitrogen and oxygen atoms in total. The van der Waals surface area contributed by atoms with E-state index in [0.717, 1.165) is 32.9 Å². The Labute approximate surface area is 153 Å². The Morgan fingerprint density at radius 2 is 2.00 bits per heavy atom. The van der Waals surface area contributed by atoms with Crippen molar-refractivity contribution in [3.63, 3.8) is 0 Å². The van der Waals surface area contributed by atoms with Gasteiger partial charge in [-0.1, -0.05) is 64.1 Å². The zero-order chi connectivity index (χ0) is 16.8. The topological polar surface area (TPSA) is 50.8 Å². The molecule has 24 heavy (non-hydrogen) atoms. The first kappa shape index (κ1) is 16.8. The van der Waals surface area contributed by atoms with Gasteiger partial charge in [-0.2, -0.15) is 0 Å². The summed E-state index contributed by atoms with van der Waals surface area (Å²) in [6, 6.07) is 16.1. The number of benzene rings is 2. The second kappa shape index (κ2) is 8.17. The normalized spacial score (nSPS) is 11.1. The van der Waals surface area contributed by atoms with E-state index in [-0.39, 0.29) is 0 Å². The fourth-order valence-corrected chi connectivity index (χ4v) is 3.33. The highest BCUT2D eigenvalue weighted by atomic mass is 79.9. The van der Waals surface area contributed by atoms with Crippen molar-refractivity contribution in [2.24, 2.45) is 0 Å². The number of hydrogen-bond donors (Lipinski definition) is 1. The molecule has 0 amide bonds. The molecule has 0 spiro atoms. The maximum atomic E-state index is 5.39. The molecule has 0 saturated carbocycles. The van der Waals surface area contributed by atoms with E-state index in [4.69, 9.17) is 4.74 Å². The zero-order valence-electron chi connectivity index (χ0n) is 13.1. The minimum atomic E-state index is 0.713. The minimum absolute atomic E-state index is 0.713. The van der Waals surface area contributed by atoms with E-state index in [2.05, 4.69) is 37.2 Å². The SMILES string of the molecule is COc1ccc(Br)cc1CSc1n[nH]c(/C=C/c2ccccc2)n1. The number of ether oxygens (including phenoxy) is 1. The highest BCUT2D eigenvalue weighted by Gasteiger charge is 2.07. The summed E-state index contributed by atoms with van der Waals surface area (Å²) in [5.41, 5.74) is 2.23. The molecule has 2 aromatic carbocycles. The molecular weight excluding hydrogens is 386 g/mol. The molecule has 0 bridgehead atoms. The van der Waals surface area contributed by atoms with Gasteiger partial charge in [0.15, 0.2) is 0 Å². The van der Waals surface area contributed by atoms with Crippen LogP contribution in [0.3, 0.4) is 0 Å². The van der Waals surface area contributed by atoms with E-state index in [1.54, 1.807) is 18.9 Å². The van der Waals surface area contributed by atoms with Crippen LogP contribution in [0.5, 0.6) is 5.75 Å². The van der Waals surface area contributed by atoms with Gasteiger partial charge in [0.1, 0.15) is 11.6 Å². The zero-order valence-corrected chi connectivity index (χ0v) is 15.5. The van der Waals surface area contributed by atoms with Crippen LogP contribution in [0.2, 0.25) is 0 Å². The monoisotopic (exact) mass is 401 g/mol. The van der Waals surface area contributed by atoms with Crippen LogP contribution in [0, 0.1) is 0 Å². The van der Waals surface area contributed by atoms with Gasteiger partial charge >= 0.3 is 0 Å². The first-order valence-electron chi connectivity index (χ1n) is 7.35. The molecule has 6 heteroatoms. The van der Waals surface area contributed by atoms with Gasteiger partial charge in [0.25, 0.3) is 0 Å². The van der Waals surface area contributed by atoms with Crippen molar-refractivity contribution in [1.82, 2.24) is 15.2 Å². The Morgan fingerprint density at radius 1 is 1.17 bits per heavy atom. The average Bonchev–Trinajstić information content (AvgIpc) is 3.07. The number of aromatic amines is 1. The van der Waals surface area contributed by atoms with E-state index < -0.39 is 0 Å². The predicted molar refractivity (Wildman–Crippen MR) is 102 cm³/mol. The summed E-state index contributed by atoms with van der Waals surface area (Å²) in [4.78, 5) is 4.48. The fraction of sp³-hybridized carbons (Fsp3) is 0.111. The second-order valence-corrected chi connectivity index (χ2v) is 6.85. The van der Waals surface area contributed by atoms with Gasteiger partial charge in [0.05, 0.1) is 7.11 Å². The molecule has 0 aliphatic carbocycles. The fourth-order valence-electron chi connectivity index (χ4n) is 2.14. The summed E-state index contributed by atoms with van der Waals surface area (Å²) in [5.74, 6) is 2.34. The maximum absolute atomic E-state index is 5.39. The van der Waals surface area contributed by atoms with Crippen molar-refractivity contribution in [3.8, 4) is 5.75 Å². The first-order valence-corrected chi connectivity index (χ1v) is 9.13. The second-order valence-electron chi connectivity index (χ2n) is 4.99. The molecule has 0 aliphatic heterocycles. The predicted octanol–water partition coefficient (Wildman–Crippen LogP) is 5.04. The summed E-state index contributed by atoms with van der Waals surface area (Å²) in [6.07, 6.45) is 3.93. The van der Waals surface area contributed by atoms with Crippen LogP contribution in [0.1, 0.15) is 17.0 Å². The third-order valence-electron chi connectivity index (χ3n) is 3.31. The Kier molecular flexibility index (Phi) is 5.72. The Morgan fingerprint density at radius 3 is 2.79 bits per heavy atom. The number of methoxy groups -OCH3 is 1. The lowest BCUT2D eigenvalue weighted by Gasteiger charge is -2.07. The first-order chi connectivity index (χ1) is 11.7. The van der Waals surface area contributed by atoms with Crippen LogP contribution in [-0.4, -0.2) is 22.3 Å². The molecule has 0 aliphatic rings. The van der Waals surface area contributed by atoms with Crippen LogP contribution in [-0.2, 0) is 5.75 Å². The molecule has 0 radical (unpaired) electrons. The van der Waals surface area contributed by atoms with E-state index in [1.165, 1.54) is 0 Å². The summed E-state index contributed by atoms with van der Waals surface area (Å²) in [6.45, 7) is 0. The van der Waals surface area contributed by atoms with Crippen molar-refractivity contribution in [3.05, 3.63) is 70.0 Å². The number of rotatable bonds is 6. The van der Waals surface area contributed by atoms with Gasteiger partial charge in [-0.25, -0.2) is 4.98 Å². The van der Waals surface area contributed by atoms with Gasteiger partial charge in [-0.3, -0.25) is 5.10 Å². The Balaban J connectivity index is 1.64. The van der Waals surface area contributed by atoms with Crippen LogP contribution in [0.25, 0.3) is 12.2 Å². The Bertz CT molecular complexity index is 833. The molecule has 0 atom stereocenters. The van der Waals surface area contributed by atoms with Crippen LogP contribution >= 0.6 is 27.7 Å². The summed E-state index contributed by atoms with van der Waals surface area (Å²) >= 11 is 5.05. The molecule has 0 unspecified atom stereocenters. The molecule has 0 saturated heterocycles. The molecule has 3 aromatic rings. The molecule has 0 fully saturated rings. The molecular formula is C18H16BrN3OS. The lowest BCUT2D eigenvalue weighted by molar-refractivity contribution is 0.411. The number of halogens is 1.